The van der Waals surface area contributed by atoms with Crippen LogP contribution in [0.3, 0.4) is 0 Å². The molecular formula is C19H26N4O5. The summed E-state index contributed by atoms with van der Waals surface area (Å²) in [5.74, 6) is 0.117. The van der Waals surface area contributed by atoms with Gasteiger partial charge in [0.25, 0.3) is 5.91 Å². The topological polar surface area (TPSA) is 114 Å². The molecule has 2 unspecified atom stereocenters. The van der Waals surface area contributed by atoms with Gasteiger partial charge in [-0.15, -0.1) is 0 Å². The molecule has 28 heavy (non-hydrogen) atoms. The van der Waals surface area contributed by atoms with Gasteiger partial charge in [-0.25, -0.2) is 0 Å². The number of rotatable bonds is 6. The van der Waals surface area contributed by atoms with Crippen molar-refractivity contribution < 1.29 is 19.2 Å². The molecule has 2 aliphatic heterocycles. The minimum atomic E-state index is -0.536. The molecule has 2 N–H and O–H groups in total. The van der Waals surface area contributed by atoms with Crippen LogP contribution < -0.4 is 15.4 Å². The molecule has 2 fully saturated rings. The number of methoxy groups -OCH3 is 1. The van der Waals surface area contributed by atoms with Crippen LogP contribution in [0.2, 0.25) is 0 Å². The zero-order valence-corrected chi connectivity index (χ0v) is 16.0. The number of carbonyl (C=O) groups is 2. The first-order chi connectivity index (χ1) is 13.5. The monoisotopic (exact) mass is 390 g/mol. The number of nitrogens with one attached hydrogen (secondary N) is 2. The number of hydrogen-bond donors (Lipinski definition) is 2. The van der Waals surface area contributed by atoms with Crippen molar-refractivity contribution in [3.63, 3.8) is 0 Å². The summed E-state index contributed by atoms with van der Waals surface area (Å²) >= 11 is 0. The third-order valence-corrected chi connectivity index (χ3v) is 5.37. The summed E-state index contributed by atoms with van der Waals surface area (Å²) in [6.45, 7) is 2.61. The van der Waals surface area contributed by atoms with Gasteiger partial charge in [0.1, 0.15) is 0 Å². The molecule has 9 heteroatoms. The Labute approximate surface area is 163 Å². The summed E-state index contributed by atoms with van der Waals surface area (Å²) in [7, 11) is 1.34. The molecule has 9 nitrogen and oxygen atoms in total. The number of likely N-dealkylation sites (tertiary alicyclic amines) is 1. The van der Waals surface area contributed by atoms with E-state index in [2.05, 4.69) is 10.6 Å². The normalized spacial score (nSPS) is 22.0. The van der Waals surface area contributed by atoms with E-state index in [0.29, 0.717) is 25.2 Å². The highest BCUT2D eigenvalue weighted by Crippen LogP contribution is 2.28. The fraction of sp³-hybridized carbons (Fsp3) is 0.579. The van der Waals surface area contributed by atoms with E-state index in [9.17, 15) is 19.7 Å². The lowest BCUT2D eigenvalue weighted by Gasteiger charge is -2.33. The third kappa shape index (κ3) is 4.59. The van der Waals surface area contributed by atoms with Crippen LogP contribution >= 0.6 is 0 Å². The molecule has 0 bridgehead atoms. The lowest BCUT2D eigenvalue weighted by molar-refractivity contribution is -0.385. The first-order valence-electron chi connectivity index (χ1n) is 9.62. The van der Waals surface area contributed by atoms with Crippen molar-refractivity contribution in [3.8, 4) is 5.75 Å². The van der Waals surface area contributed by atoms with Crippen molar-refractivity contribution >= 4 is 17.5 Å². The van der Waals surface area contributed by atoms with Gasteiger partial charge in [0.2, 0.25) is 5.91 Å². The molecule has 152 valence electrons. The van der Waals surface area contributed by atoms with Crippen LogP contribution in [0.15, 0.2) is 18.2 Å². The Morgan fingerprint density at radius 2 is 2.18 bits per heavy atom. The minimum absolute atomic E-state index is 0.0288. The van der Waals surface area contributed by atoms with Gasteiger partial charge < -0.3 is 20.3 Å². The highest BCUT2D eigenvalue weighted by Gasteiger charge is 2.28. The van der Waals surface area contributed by atoms with Crippen LogP contribution in [0.1, 0.15) is 36.0 Å². The summed E-state index contributed by atoms with van der Waals surface area (Å²) < 4.78 is 5.05. The number of benzene rings is 1. The van der Waals surface area contributed by atoms with E-state index in [1.165, 1.54) is 25.3 Å². The van der Waals surface area contributed by atoms with Gasteiger partial charge in [0.15, 0.2) is 5.75 Å². The predicted molar refractivity (Wildman–Crippen MR) is 102 cm³/mol. The van der Waals surface area contributed by atoms with Crippen molar-refractivity contribution in [1.82, 2.24) is 15.5 Å². The van der Waals surface area contributed by atoms with Crippen LogP contribution in [0.5, 0.6) is 5.75 Å². The maximum Gasteiger partial charge on any atom is 0.310 e. The van der Waals surface area contributed by atoms with Crippen molar-refractivity contribution in [2.24, 2.45) is 5.92 Å². The molecule has 1 aromatic rings. The summed E-state index contributed by atoms with van der Waals surface area (Å²) in [4.78, 5) is 37.2. The van der Waals surface area contributed by atoms with E-state index >= 15 is 0 Å². The van der Waals surface area contributed by atoms with Crippen LogP contribution in [0.25, 0.3) is 0 Å². The molecule has 0 aromatic heterocycles. The molecule has 0 radical (unpaired) electrons. The second kappa shape index (κ2) is 9.01. The number of amides is 2. The van der Waals surface area contributed by atoms with Gasteiger partial charge in [0, 0.05) is 37.3 Å². The summed E-state index contributed by atoms with van der Waals surface area (Å²) in [6.07, 6.45) is 3.69. The first-order valence-corrected chi connectivity index (χ1v) is 9.62. The van der Waals surface area contributed by atoms with E-state index in [1.807, 2.05) is 0 Å². The maximum atomic E-state index is 12.8. The predicted octanol–water partition coefficient (Wildman–Crippen LogP) is 1.32. The average molecular weight is 390 g/mol. The zero-order chi connectivity index (χ0) is 20.1. The average Bonchev–Trinajstić information content (AvgIpc) is 3.26. The molecule has 2 saturated heterocycles. The number of hydrogen-bond acceptors (Lipinski definition) is 6. The van der Waals surface area contributed by atoms with Crippen molar-refractivity contribution in [1.29, 1.82) is 0 Å². The lowest BCUT2D eigenvalue weighted by Crippen LogP contribution is -2.46. The van der Waals surface area contributed by atoms with E-state index in [4.69, 9.17) is 4.74 Å². The van der Waals surface area contributed by atoms with Crippen LogP contribution in [0.4, 0.5) is 5.69 Å². The van der Waals surface area contributed by atoms with Gasteiger partial charge in [0.05, 0.1) is 18.1 Å². The Morgan fingerprint density at radius 3 is 2.86 bits per heavy atom. The Hall–Kier alpha value is -2.68. The molecule has 1 aromatic carbocycles. The number of nitro groups is 1. The zero-order valence-electron chi connectivity index (χ0n) is 16.0. The van der Waals surface area contributed by atoms with Gasteiger partial charge in [-0.2, -0.15) is 0 Å². The highest BCUT2D eigenvalue weighted by molar-refractivity contribution is 5.95. The second-order valence-corrected chi connectivity index (χ2v) is 7.30. The number of nitrogens with zero attached hydrogens (tertiary/aromatic N) is 2. The third-order valence-electron chi connectivity index (χ3n) is 5.37. The molecule has 2 heterocycles. The second-order valence-electron chi connectivity index (χ2n) is 7.30. The molecule has 0 aliphatic carbocycles. The molecule has 0 spiro atoms. The summed E-state index contributed by atoms with van der Waals surface area (Å²) in [6, 6.07) is 4.06. The quantitative estimate of drug-likeness (QED) is 0.559. The highest BCUT2D eigenvalue weighted by atomic mass is 16.6. The summed E-state index contributed by atoms with van der Waals surface area (Å²) in [5.41, 5.74) is 0.195. The maximum absolute atomic E-state index is 12.8. The SMILES string of the molecule is COc1cc(C(=O)N2CCCC(CNC(=O)C3CCCN3)C2)ccc1[N+](=O)[O-]. The van der Waals surface area contributed by atoms with E-state index in [1.54, 1.807) is 4.90 Å². The van der Waals surface area contributed by atoms with Crippen LogP contribution in [-0.4, -0.2) is 61.0 Å². The molecule has 2 atom stereocenters. The van der Waals surface area contributed by atoms with Crippen molar-refractivity contribution in [2.75, 3.05) is 33.3 Å². The van der Waals surface area contributed by atoms with Gasteiger partial charge in [-0.3, -0.25) is 19.7 Å². The number of carbonyl (C=O) groups excluding carboxylic acids is 2. The molecule has 0 saturated carbocycles. The molecule has 2 amide bonds. The molecule has 2 aliphatic rings. The van der Waals surface area contributed by atoms with E-state index in [0.717, 1.165) is 32.2 Å². The van der Waals surface area contributed by atoms with Gasteiger partial charge >= 0.3 is 5.69 Å². The number of nitro benzene ring substituents is 1. The molecule has 3 rings (SSSR count). The standard InChI is InChI=1S/C19H26N4O5/c1-28-17-10-14(6-7-16(17)23(26)27)19(25)22-9-3-4-13(12-22)11-21-18(24)15-5-2-8-20-15/h6-7,10,13,15,20H,2-5,8-9,11-12H2,1H3,(H,21,24). The van der Waals surface area contributed by atoms with Crippen LogP contribution in [0, 0.1) is 16.0 Å². The van der Waals surface area contributed by atoms with Crippen molar-refractivity contribution in [3.05, 3.63) is 33.9 Å². The Kier molecular flexibility index (Phi) is 6.45. The smallest absolute Gasteiger partial charge is 0.310 e. The van der Waals surface area contributed by atoms with Crippen LogP contribution in [-0.2, 0) is 4.79 Å². The summed E-state index contributed by atoms with van der Waals surface area (Å²) in [5, 5.41) is 17.2. The van der Waals surface area contributed by atoms with Crippen molar-refractivity contribution in [2.45, 2.75) is 31.7 Å². The lowest BCUT2D eigenvalue weighted by atomic mass is 9.97. The Bertz CT molecular complexity index is 748. The number of ether oxygens (including phenoxy) is 1. The van der Waals surface area contributed by atoms with E-state index < -0.39 is 4.92 Å². The molecular weight excluding hydrogens is 364 g/mol. The fourth-order valence-corrected chi connectivity index (χ4v) is 3.84. The fourth-order valence-electron chi connectivity index (χ4n) is 3.84. The largest absolute Gasteiger partial charge is 0.490 e. The minimum Gasteiger partial charge on any atom is -0.490 e. The van der Waals surface area contributed by atoms with E-state index in [-0.39, 0.29) is 35.2 Å². The Balaban J connectivity index is 1.59. The number of piperidine rings is 1. The first kappa shape index (κ1) is 20.1. The Morgan fingerprint density at radius 1 is 1.36 bits per heavy atom. The van der Waals surface area contributed by atoms with Gasteiger partial charge in [-0.1, -0.05) is 0 Å². The van der Waals surface area contributed by atoms with Gasteiger partial charge in [-0.05, 0) is 44.2 Å².